The van der Waals surface area contributed by atoms with Crippen molar-refractivity contribution in [3.05, 3.63) is 84.3 Å². The molecule has 3 aromatic heterocycles. The molecule has 0 spiro atoms. The molecule has 8 heteroatoms. The molecule has 0 unspecified atom stereocenters. The van der Waals surface area contributed by atoms with Crippen LogP contribution in [0.3, 0.4) is 0 Å². The Morgan fingerprint density at radius 1 is 0.970 bits per heavy atom. The fraction of sp³-hybridized carbons (Fsp3) is 0.120. The van der Waals surface area contributed by atoms with E-state index in [2.05, 4.69) is 20.4 Å². The summed E-state index contributed by atoms with van der Waals surface area (Å²) < 4.78 is 12.5. The van der Waals surface area contributed by atoms with Gasteiger partial charge in [0.15, 0.2) is 5.65 Å². The van der Waals surface area contributed by atoms with Crippen LogP contribution in [0.5, 0.6) is 11.5 Å². The van der Waals surface area contributed by atoms with E-state index in [1.54, 1.807) is 43.6 Å². The second kappa shape index (κ2) is 8.58. The van der Waals surface area contributed by atoms with Crippen molar-refractivity contribution in [2.75, 3.05) is 19.5 Å². The van der Waals surface area contributed by atoms with Crippen LogP contribution in [0.15, 0.2) is 73.2 Å². The van der Waals surface area contributed by atoms with E-state index in [0.29, 0.717) is 29.2 Å². The highest BCUT2D eigenvalue weighted by molar-refractivity contribution is 6.09. The average molecular weight is 439 g/mol. The summed E-state index contributed by atoms with van der Waals surface area (Å²) in [5.74, 6) is 1.17. The maximum absolute atomic E-state index is 12.9. The van der Waals surface area contributed by atoms with Gasteiger partial charge in [-0.3, -0.25) is 9.78 Å². The molecule has 0 aliphatic carbocycles. The van der Waals surface area contributed by atoms with Crippen LogP contribution < -0.4 is 14.8 Å². The highest BCUT2D eigenvalue weighted by atomic mass is 16.5. The van der Waals surface area contributed by atoms with Gasteiger partial charge in [0.05, 0.1) is 43.7 Å². The van der Waals surface area contributed by atoms with E-state index in [1.165, 1.54) is 0 Å². The van der Waals surface area contributed by atoms with Gasteiger partial charge in [-0.2, -0.15) is 5.10 Å². The average Bonchev–Trinajstić information content (AvgIpc) is 3.26. The Morgan fingerprint density at radius 3 is 2.70 bits per heavy atom. The Kier molecular flexibility index (Phi) is 5.32. The summed E-state index contributed by atoms with van der Waals surface area (Å²) in [5, 5.41) is 9.13. The van der Waals surface area contributed by atoms with Crippen LogP contribution in [0, 0.1) is 0 Å². The molecule has 8 nitrogen and oxygen atoms in total. The van der Waals surface area contributed by atoms with E-state index in [9.17, 15) is 4.79 Å². The number of methoxy groups -OCH3 is 2. The van der Waals surface area contributed by atoms with Crippen molar-refractivity contribution in [3.63, 3.8) is 0 Å². The topological polar surface area (TPSA) is 91.2 Å². The molecule has 1 amide bonds. The minimum absolute atomic E-state index is 0.257. The predicted octanol–water partition coefficient (Wildman–Crippen LogP) is 4.30. The fourth-order valence-corrected chi connectivity index (χ4v) is 3.76. The number of pyridine rings is 2. The number of benzene rings is 2. The number of fused-ring (bicyclic) bond motifs is 2. The standard InChI is InChI=1S/C25H21N5O3/c1-32-20-9-8-17(22(12-20)33-2)15-30-24-18(14-28-30)11-19(13-27-24)25(31)29-21-7-3-5-16-6-4-10-26-23(16)21/h3-14H,15H2,1-2H3,(H,29,31). The van der Waals surface area contributed by atoms with Gasteiger partial charge >= 0.3 is 0 Å². The largest absolute Gasteiger partial charge is 0.497 e. The summed E-state index contributed by atoms with van der Waals surface area (Å²) in [6.45, 7) is 0.469. The van der Waals surface area contributed by atoms with Gasteiger partial charge in [0, 0.05) is 34.8 Å². The van der Waals surface area contributed by atoms with Crippen molar-refractivity contribution in [1.29, 1.82) is 0 Å². The first-order valence-electron chi connectivity index (χ1n) is 10.3. The number of carbonyl (C=O) groups is 1. The lowest BCUT2D eigenvalue weighted by atomic mass is 10.1. The number of carbonyl (C=O) groups excluding carboxylic acids is 1. The number of nitrogens with zero attached hydrogens (tertiary/aromatic N) is 4. The summed E-state index contributed by atoms with van der Waals surface area (Å²) in [6, 6.07) is 16.9. The van der Waals surface area contributed by atoms with Gasteiger partial charge in [-0.25, -0.2) is 9.67 Å². The Balaban J connectivity index is 1.40. The Bertz CT molecular complexity index is 1470. The molecule has 0 radical (unpaired) electrons. The Labute approximate surface area is 189 Å². The summed E-state index contributed by atoms with van der Waals surface area (Å²) >= 11 is 0. The Morgan fingerprint density at radius 2 is 1.85 bits per heavy atom. The first-order valence-corrected chi connectivity index (χ1v) is 10.3. The van der Waals surface area contributed by atoms with Gasteiger partial charge in [-0.15, -0.1) is 0 Å². The van der Waals surface area contributed by atoms with E-state index in [0.717, 1.165) is 27.6 Å². The van der Waals surface area contributed by atoms with E-state index in [1.807, 2.05) is 48.5 Å². The molecule has 1 N–H and O–H groups in total. The van der Waals surface area contributed by atoms with Crippen molar-refractivity contribution < 1.29 is 14.3 Å². The third kappa shape index (κ3) is 3.94. The molecule has 164 valence electrons. The molecular formula is C25H21N5O3. The first kappa shape index (κ1) is 20.4. The van der Waals surface area contributed by atoms with Gasteiger partial charge < -0.3 is 14.8 Å². The summed E-state index contributed by atoms with van der Waals surface area (Å²) in [7, 11) is 3.23. The summed E-state index contributed by atoms with van der Waals surface area (Å²) in [5.41, 5.74) is 3.45. The minimum Gasteiger partial charge on any atom is -0.497 e. The lowest BCUT2D eigenvalue weighted by Gasteiger charge is -2.11. The zero-order chi connectivity index (χ0) is 22.8. The fourth-order valence-electron chi connectivity index (χ4n) is 3.76. The zero-order valence-electron chi connectivity index (χ0n) is 18.1. The van der Waals surface area contributed by atoms with Crippen LogP contribution in [-0.2, 0) is 6.54 Å². The van der Waals surface area contributed by atoms with Gasteiger partial charge in [-0.05, 0) is 30.3 Å². The van der Waals surface area contributed by atoms with E-state index in [-0.39, 0.29) is 5.91 Å². The molecule has 0 aliphatic heterocycles. The smallest absolute Gasteiger partial charge is 0.257 e. The summed E-state index contributed by atoms with van der Waals surface area (Å²) in [6.07, 6.45) is 4.96. The van der Waals surface area contributed by atoms with Crippen molar-refractivity contribution in [2.45, 2.75) is 6.54 Å². The highest BCUT2D eigenvalue weighted by Crippen LogP contribution is 2.26. The van der Waals surface area contributed by atoms with Crippen LogP contribution in [-0.4, -0.2) is 39.9 Å². The van der Waals surface area contributed by atoms with Crippen LogP contribution in [0.25, 0.3) is 21.9 Å². The predicted molar refractivity (Wildman–Crippen MR) is 126 cm³/mol. The van der Waals surface area contributed by atoms with Gasteiger partial charge in [0.2, 0.25) is 0 Å². The van der Waals surface area contributed by atoms with Crippen LogP contribution in [0.4, 0.5) is 5.69 Å². The molecule has 0 aliphatic rings. The molecule has 2 aromatic carbocycles. The van der Waals surface area contributed by atoms with Gasteiger partial charge in [0.1, 0.15) is 11.5 Å². The van der Waals surface area contributed by atoms with Crippen molar-refractivity contribution in [3.8, 4) is 11.5 Å². The van der Waals surface area contributed by atoms with Crippen molar-refractivity contribution >= 4 is 33.5 Å². The molecule has 0 bridgehead atoms. The summed E-state index contributed by atoms with van der Waals surface area (Å²) in [4.78, 5) is 21.8. The number of anilines is 1. The highest BCUT2D eigenvalue weighted by Gasteiger charge is 2.14. The van der Waals surface area contributed by atoms with Gasteiger partial charge in [-0.1, -0.05) is 18.2 Å². The third-order valence-corrected chi connectivity index (χ3v) is 5.43. The first-order chi connectivity index (χ1) is 16.2. The quantitative estimate of drug-likeness (QED) is 0.424. The maximum atomic E-state index is 12.9. The van der Waals surface area contributed by atoms with Gasteiger partial charge in [0.25, 0.3) is 5.91 Å². The SMILES string of the molecule is COc1ccc(Cn2ncc3cc(C(=O)Nc4cccc5cccnc45)cnc32)c(OC)c1. The van der Waals surface area contributed by atoms with Crippen LogP contribution >= 0.6 is 0 Å². The number of hydrogen-bond acceptors (Lipinski definition) is 6. The van der Waals surface area contributed by atoms with Crippen molar-refractivity contribution in [1.82, 2.24) is 19.7 Å². The van der Waals surface area contributed by atoms with E-state index < -0.39 is 0 Å². The normalized spacial score (nSPS) is 11.0. The molecule has 5 rings (SSSR count). The number of amides is 1. The lowest BCUT2D eigenvalue weighted by molar-refractivity contribution is 0.102. The van der Waals surface area contributed by atoms with E-state index >= 15 is 0 Å². The zero-order valence-corrected chi connectivity index (χ0v) is 18.1. The number of aromatic nitrogens is 4. The van der Waals surface area contributed by atoms with Crippen molar-refractivity contribution in [2.24, 2.45) is 0 Å². The second-order valence-corrected chi connectivity index (χ2v) is 7.45. The second-order valence-electron chi connectivity index (χ2n) is 7.45. The van der Waals surface area contributed by atoms with E-state index in [4.69, 9.17) is 9.47 Å². The number of para-hydroxylation sites is 1. The molecule has 3 heterocycles. The molecule has 5 aromatic rings. The third-order valence-electron chi connectivity index (χ3n) is 5.43. The Hall–Kier alpha value is -4.46. The molecular weight excluding hydrogens is 418 g/mol. The molecule has 0 fully saturated rings. The lowest BCUT2D eigenvalue weighted by Crippen LogP contribution is -2.13. The molecule has 0 saturated carbocycles. The minimum atomic E-state index is -0.257. The molecule has 33 heavy (non-hydrogen) atoms. The number of ether oxygens (including phenoxy) is 2. The van der Waals surface area contributed by atoms with Crippen LogP contribution in [0.1, 0.15) is 15.9 Å². The number of hydrogen-bond donors (Lipinski definition) is 1. The number of rotatable bonds is 6. The monoisotopic (exact) mass is 439 g/mol. The number of nitrogens with one attached hydrogen (secondary N) is 1. The molecule has 0 saturated heterocycles. The maximum Gasteiger partial charge on any atom is 0.257 e. The molecule has 0 atom stereocenters. The van der Waals surface area contributed by atoms with Crippen LogP contribution in [0.2, 0.25) is 0 Å².